The van der Waals surface area contributed by atoms with Crippen LogP contribution in [-0.2, 0) is 33.2 Å². The Hall–Kier alpha value is -2.12. The molecule has 0 radical (unpaired) electrons. The molecule has 0 unspecified atom stereocenters. The number of rotatable bonds is 24. The standard InChI is InChI=1S/C27H48ClN3O9/c28-10-4-1-2-7-15-35-17-18-36-16-12-30-27(34)40-24-22-38-20-19-37-21-23-39-26(33)29-11-8-9-25(32)31-13-5-3-6-14-31/h8-9H,1-7,10-24H2,(H,29,33)(H,30,34)/b9-8+. The molecule has 0 aromatic carbocycles. The zero-order chi connectivity index (χ0) is 28.9. The number of unbranched alkanes of at least 4 members (excludes halogenated alkanes) is 3. The van der Waals surface area contributed by atoms with Gasteiger partial charge in [0.15, 0.2) is 0 Å². The number of ether oxygens (including phenoxy) is 6. The Bertz CT molecular complexity index is 680. The van der Waals surface area contributed by atoms with Gasteiger partial charge in [0.1, 0.15) is 13.2 Å². The van der Waals surface area contributed by atoms with Crippen LogP contribution in [0.25, 0.3) is 0 Å². The number of hydrogen-bond donors (Lipinski definition) is 2. The molecule has 1 fully saturated rings. The molecule has 0 aliphatic carbocycles. The average Bonchev–Trinajstić information content (AvgIpc) is 2.97. The van der Waals surface area contributed by atoms with E-state index in [9.17, 15) is 14.4 Å². The van der Waals surface area contributed by atoms with E-state index in [4.69, 9.17) is 40.0 Å². The summed E-state index contributed by atoms with van der Waals surface area (Å²) < 4.78 is 31.5. The molecule has 1 heterocycles. The van der Waals surface area contributed by atoms with Crippen LogP contribution in [0.5, 0.6) is 0 Å². The molecule has 0 spiro atoms. The second-order valence-corrected chi connectivity index (χ2v) is 9.30. The fraction of sp³-hybridized carbons (Fsp3) is 0.815. The first-order valence-corrected chi connectivity index (χ1v) is 14.8. The topological polar surface area (TPSA) is 134 Å². The van der Waals surface area contributed by atoms with Crippen LogP contribution in [0.1, 0.15) is 44.9 Å². The predicted molar refractivity (Wildman–Crippen MR) is 151 cm³/mol. The van der Waals surface area contributed by atoms with E-state index in [2.05, 4.69) is 10.6 Å². The van der Waals surface area contributed by atoms with Crippen molar-refractivity contribution in [3.63, 3.8) is 0 Å². The molecule has 0 saturated carbocycles. The molecule has 1 aliphatic heterocycles. The third-order valence-corrected chi connectivity index (χ3v) is 5.91. The fourth-order valence-corrected chi connectivity index (χ4v) is 3.72. The molecular formula is C27H48ClN3O9. The largest absolute Gasteiger partial charge is 0.447 e. The highest BCUT2D eigenvalue weighted by molar-refractivity contribution is 6.17. The summed E-state index contributed by atoms with van der Waals surface area (Å²) in [5.74, 6) is 0.686. The van der Waals surface area contributed by atoms with Crippen LogP contribution in [0, 0.1) is 0 Å². The van der Waals surface area contributed by atoms with E-state index in [-0.39, 0.29) is 38.9 Å². The molecule has 0 aromatic rings. The Morgan fingerprint density at radius 1 is 0.650 bits per heavy atom. The van der Waals surface area contributed by atoms with E-state index >= 15 is 0 Å². The molecule has 1 rings (SSSR count). The second kappa shape index (κ2) is 27.1. The third kappa shape index (κ3) is 22.7. The number of halogens is 1. The van der Waals surface area contributed by atoms with E-state index in [1.54, 1.807) is 6.08 Å². The smallest absolute Gasteiger partial charge is 0.407 e. The highest BCUT2D eigenvalue weighted by atomic mass is 35.5. The van der Waals surface area contributed by atoms with Crippen molar-refractivity contribution in [2.75, 3.05) is 98.1 Å². The molecule has 3 amide bonds. The van der Waals surface area contributed by atoms with Gasteiger partial charge in [0.05, 0.1) is 46.2 Å². The van der Waals surface area contributed by atoms with Crippen molar-refractivity contribution >= 4 is 29.7 Å². The Balaban J connectivity index is 1.78. The van der Waals surface area contributed by atoms with Gasteiger partial charge in [-0.1, -0.05) is 18.9 Å². The Morgan fingerprint density at radius 2 is 1.20 bits per heavy atom. The molecule has 0 atom stereocenters. The Labute approximate surface area is 243 Å². The van der Waals surface area contributed by atoms with Crippen molar-refractivity contribution in [1.29, 1.82) is 0 Å². The molecule has 2 N–H and O–H groups in total. The Kier molecular flexibility index (Phi) is 24.3. The van der Waals surface area contributed by atoms with Crippen molar-refractivity contribution in [1.82, 2.24) is 15.5 Å². The second-order valence-electron chi connectivity index (χ2n) is 8.92. The minimum absolute atomic E-state index is 0.0286. The maximum atomic E-state index is 12.0. The summed E-state index contributed by atoms with van der Waals surface area (Å²) in [4.78, 5) is 37.0. The summed E-state index contributed by atoms with van der Waals surface area (Å²) in [5.41, 5.74) is 0. The van der Waals surface area contributed by atoms with Gasteiger partial charge < -0.3 is 44.0 Å². The van der Waals surface area contributed by atoms with Crippen LogP contribution in [0.4, 0.5) is 9.59 Å². The van der Waals surface area contributed by atoms with E-state index in [0.717, 1.165) is 58.2 Å². The van der Waals surface area contributed by atoms with Crippen LogP contribution in [0.2, 0.25) is 0 Å². The lowest BCUT2D eigenvalue weighted by atomic mass is 10.1. The highest BCUT2D eigenvalue weighted by Gasteiger charge is 2.13. The van der Waals surface area contributed by atoms with E-state index in [1.807, 2.05) is 4.90 Å². The van der Waals surface area contributed by atoms with Crippen molar-refractivity contribution < 1.29 is 42.8 Å². The first-order valence-electron chi connectivity index (χ1n) is 14.3. The predicted octanol–water partition coefficient (Wildman–Crippen LogP) is 2.87. The fourth-order valence-electron chi connectivity index (χ4n) is 3.53. The number of hydrogen-bond acceptors (Lipinski definition) is 9. The van der Waals surface area contributed by atoms with Gasteiger partial charge in [-0.25, -0.2) is 9.59 Å². The van der Waals surface area contributed by atoms with Crippen LogP contribution in [0.3, 0.4) is 0 Å². The molecule has 0 bridgehead atoms. The number of likely N-dealkylation sites (tertiary alicyclic amines) is 1. The lowest BCUT2D eigenvalue weighted by Crippen LogP contribution is -2.34. The van der Waals surface area contributed by atoms with Crippen molar-refractivity contribution in [3.8, 4) is 0 Å². The van der Waals surface area contributed by atoms with Gasteiger partial charge in [0, 0.05) is 44.7 Å². The summed E-state index contributed by atoms with van der Waals surface area (Å²) in [5, 5.41) is 5.15. The van der Waals surface area contributed by atoms with Gasteiger partial charge in [0.25, 0.3) is 0 Å². The molecular weight excluding hydrogens is 546 g/mol. The molecule has 1 aliphatic rings. The van der Waals surface area contributed by atoms with Gasteiger partial charge in [-0.05, 0) is 32.1 Å². The quantitative estimate of drug-likeness (QED) is 0.0984. The van der Waals surface area contributed by atoms with Gasteiger partial charge >= 0.3 is 12.2 Å². The van der Waals surface area contributed by atoms with Crippen LogP contribution < -0.4 is 10.6 Å². The van der Waals surface area contributed by atoms with Gasteiger partial charge in [-0.2, -0.15) is 0 Å². The number of carbonyl (C=O) groups is 3. The molecule has 232 valence electrons. The zero-order valence-corrected chi connectivity index (χ0v) is 24.5. The summed E-state index contributed by atoms with van der Waals surface area (Å²) in [6.45, 7) is 5.56. The maximum Gasteiger partial charge on any atom is 0.407 e. The normalized spacial score (nSPS) is 13.4. The van der Waals surface area contributed by atoms with Crippen LogP contribution in [-0.4, -0.2) is 121 Å². The van der Waals surface area contributed by atoms with E-state index in [0.29, 0.717) is 45.5 Å². The van der Waals surface area contributed by atoms with E-state index < -0.39 is 12.2 Å². The van der Waals surface area contributed by atoms with Crippen molar-refractivity contribution in [2.45, 2.75) is 44.9 Å². The number of alkyl carbamates (subject to hydrolysis) is 2. The van der Waals surface area contributed by atoms with Gasteiger partial charge in [-0.3, -0.25) is 4.79 Å². The minimum Gasteiger partial charge on any atom is -0.447 e. The van der Waals surface area contributed by atoms with Gasteiger partial charge in [0.2, 0.25) is 5.91 Å². The number of nitrogens with one attached hydrogen (secondary N) is 2. The average molecular weight is 594 g/mol. The van der Waals surface area contributed by atoms with Gasteiger partial charge in [-0.15, -0.1) is 11.6 Å². The highest BCUT2D eigenvalue weighted by Crippen LogP contribution is 2.08. The number of carbonyl (C=O) groups excluding carboxylic acids is 3. The first kappa shape index (κ1) is 35.9. The number of nitrogens with zero attached hydrogens (tertiary/aromatic N) is 1. The minimum atomic E-state index is -0.578. The third-order valence-electron chi connectivity index (χ3n) is 5.65. The van der Waals surface area contributed by atoms with Crippen LogP contribution in [0.15, 0.2) is 12.2 Å². The lowest BCUT2D eigenvalue weighted by Gasteiger charge is -2.25. The van der Waals surface area contributed by atoms with Crippen molar-refractivity contribution in [2.24, 2.45) is 0 Å². The zero-order valence-electron chi connectivity index (χ0n) is 23.7. The molecule has 1 saturated heterocycles. The summed E-state index contributed by atoms with van der Waals surface area (Å²) >= 11 is 5.63. The number of alkyl halides is 1. The molecule has 13 heteroatoms. The SMILES string of the molecule is O=C(NC/C=C/C(=O)N1CCCCC1)OCCOCCOCCOC(=O)NCCOCCOCCCCCCCl. The molecule has 40 heavy (non-hydrogen) atoms. The molecule has 0 aromatic heterocycles. The Morgan fingerprint density at radius 3 is 1.85 bits per heavy atom. The summed E-state index contributed by atoms with van der Waals surface area (Å²) in [7, 11) is 0. The van der Waals surface area contributed by atoms with Crippen molar-refractivity contribution in [3.05, 3.63) is 12.2 Å². The molecule has 12 nitrogen and oxygen atoms in total. The number of piperidine rings is 1. The lowest BCUT2D eigenvalue weighted by molar-refractivity contribution is -0.126. The number of amides is 3. The summed E-state index contributed by atoms with van der Waals surface area (Å²) in [6, 6.07) is 0. The van der Waals surface area contributed by atoms with Crippen LogP contribution >= 0.6 is 11.6 Å². The first-order chi connectivity index (χ1) is 19.6. The summed E-state index contributed by atoms with van der Waals surface area (Å²) in [6.07, 6.45) is 9.56. The van der Waals surface area contributed by atoms with E-state index in [1.165, 1.54) is 12.5 Å². The monoisotopic (exact) mass is 593 g/mol. The maximum absolute atomic E-state index is 12.0.